The predicted octanol–water partition coefficient (Wildman–Crippen LogP) is 2.24. The maximum Gasteiger partial charge on any atom is 0.347 e. The molecule has 5 heteroatoms. The molecule has 0 aromatic carbocycles. The van der Waals surface area contributed by atoms with Crippen LogP contribution < -0.4 is 4.90 Å². The summed E-state index contributed by atoms with van der Waals surface area (Å²) in [4.78, 5) is 17.8. The number of carboxylic acid groups (broad SMARTS) is 1. The molecule has 88 valence electrons. The minimum Gasteiger partial charge on any atom is -0.477 e. The molecule has 1 aliphatic rings. The molecule has 2 rings (SSSR count). The van der Waals surface area contributed by atoms with Gasteiger partial charge in [-0.15, -0.1) is 0 Å². The Balaban J connectivity index is 2.22. The summed E-state index contributed by atoms with van der Waals surface area (Å²) >= 11 is 1.28. The van der Waals surface area contributed by atoms with Crippen LogP contribution in [0.3, 0.4) is 0 Å². The highest BCUT2D eigenvalue weighted by molar-refractivity contribution is 7.17. The molecule has 1 N–H and O–H groups in total. The molecule has 0 saturated carbocycles. The van der Waals surface area contributed by atoms with Crippen LogP contribution >= 0.6 is 11.3 Å². The highest BCUT2D eigenvalue weighted by atomic mass is 32.1. The number of hydrogen-bond acceptors (Lipinski definition) is 4. The lowest BCUT2D eigenvalue weighted by Crippen LogP contribution is -2.19. The second-order valence-corrected chi connectivity index (χ2v) is 5.55. The zero-order valence-electron chi connectivity index (χ0n) is 9.73. The summed E-state index contributed by atoms with van der Waals surface area (Å²) in [7, 11) is 0. The Morgan fingerprint density at radius 1 is 1.44 bits per heavy atom. The predicted molar refractivity (Wildman–Crippen MR) is 64.4 cm³/mol. The lowest BCUT2D eigenvalue weighted by atomic mass is 10.0. The maximum absolute atomic E-state index is 10.9. The Labute approximate surface area is 98.9 Å². The molecule has 1 aliphatic heterocycles. The van der Waals surface area contributed by atoms with Crippen LogP contribution in [0.4, 0.5) is 5.13 Å². The van der Waals surface area contributed by atoms with Gasteiger partial charge in [0.2, 0.25) is 0 Å². The van der Waals surface area contributed by atoms with E-state index in [1.165, 1.54) is 11.3 Å². The first-order valence-electron chi connectivity index (χ1n) is 5.44. The van der Waals surface area contributed by atoms with Crippen molar-refractivity contribution in [2.45, 2.75) is 20.8 Å². The quantitative estimate of drug-likeness (QED) is 0.861. The van der Waals surface area contributed by atoms with Crippen molar-refractivity contribution in [2.75, 3.05) is 18.0 Å². The number of aryl methyl sites for hydroxylation is 1. The fourth-order valence-corrected chi connectivity index (χ4v) is 2.93. The van der Waals surface area contributed by atoms with Crippen LogP contribution in [-0.2, 0) is 0 Å². The van der Waals surface area contributed by atoms with E-state index in [-0.39, 0.29) is 0 Å². The highest BCUT2D eigenvalue weighted by Crippen LogP contribution is 2.32. The van der Waals surface area contributed by atoms with Gasteiger partial charge in [0.1, 0.15) is 4.88 Å². The van der Waals surface area contributed by atoms with E-state index in [4.69, 9.17) is 5.11 Å². The van der Waals surface area contributed by atoms with Crippen molar-refractivity contribution in [1.29, 1.82) is 0 Å². The van der Waals surface area contributed by atoms with Crippen molar-refractivity contribution in [2.24, 2.45) is 11.8 Å². The zero-order chi connectivity index (χ0) is 11.9. The van der Waals surface area contributed by atoms with Crippen LogP contribution in [0.5, 0.6) is 0 Å². The number of hydrogen-bond donors (Lipinski definition) is 1. The first-order valence-corrected chi connectivity index (χ1v) is 6.26. The van der Waals surface area contributed by atoms with Gasteiger partial charge in [-0.3, -0.25) is 0 Å². The average Bonchev–Trinajstić information content (AvgIpc) is 2.71. The van der Waals surface area contributed by atoms with Crippen LogP contribution in [0.25, 0.3) is 0 Å². The van der Waals surface area contributed by atoms with E-state index >= 15 is 0 Å². The van der Waals surface area contributed by atoms with Gasteiger partial charge in [-0.25, -0.2) is 9.78 Å². The number of aromatic nitrogens is 1. The summed E-state index contributed by atoms with van der Waals surface area (Å²) in [5.74, 6) is 0.427. The third-order valence-electron chi connectivity index (χ3n) is 3.24. The van der Waals surface area contributed by atoms with Crippen LogP contribution in [0.1, 0.15) is 29.2 Å². The topological polar surface area (TPSA) is 53.4 Å². The van der Waals surface area contributed by atoms with E-state index in [2.05, 4.69) is 23.7 Å². The molecule has 0 amide bonds. The molecule has 0 bridgehead atoms. The van der Waals surface area contributed by atoms with Crippen LogP contribution in [0, 0.1) is 18.8 Å². The standard InChI is InChI=1S/C11H16N2O2S/c1-6-4-13(5-7(6)2)11-12-8(3)9(16-11)10(14)15/h6-7H,4-5H2,1-3H3,(H,14,15). The van der Waals surface area contributed by atoms with Gasteiger partial charge >= 0.3 is 5.97 Å². The molecule has 2 atom stereocenters. The molecule has 16 heavy (non-hydrogen) atoms. The van der Waals surface area contributed by atoms with Gasteiger partial charge in [-0.2, -0.15) is 0 Å². The number of rotatable bonds is 2. The molecule has 1 aromatic heterocycles. The van der Waals surface area contributed by atoms with E-state index in [9.17, 15) is 4.79 Å². The molecule has 0 radical (unpaired) electrons. The van der Waals surface area contributed by atoms with Crippen molar-refractivity contribution in [3.8, 4) is 0 Å². The fourth-order valence-electron chi connectivity index (χ4n) is 2.00. The molecule has 2 heterocycles. The van der Waals surface area contributed by atoms with Gasteiger partial charge in [0.25, 0.3) is 0 Å². The highest BCUT2D eigenvalue weighted by Gasteiger charge is 2.29. The molecular weight excluding hydrogens is 224 g/mol. The van der Waals surface area contributed by atoms with E-state index in [1.807, 2.05) is 0 Å². The van der Waals surface area contributed by atoms with Crippen molar-refractivity contribution in [3.63, 3.8) is 0 Å². The Bertz CT molecular complexity index is 406. The van der Waals surface area contributed by atoms with Crippen LogP contribution in [0.15, 0.2) is 0 Å². The second kappa shape index (κ2) is 4.05. The van der Waals surface area contributed by atoms with Crippen LogP contribution in [-0.4, -0.2) is 29.1 Å². The molecule has 1 aromatic rings. The van der Waals surface area contributed by atoms with Gasteiger partial charge < -0.3 is 10.0 Å². The Morgan fingerprint density at radius 3 is 2.44 bits per heavy atom. The lowest BCUT2D eigenvalue weighted by molar-refractivity contribution is 0.0701. The molecule has 0 spiro atoms. The summed E-state index contributed by atoms with van der Waals surface area (Å²) in [6.07, 6.45) is 0. The number of anilines is 1. The van der Waals surface area contributed by atoms with Crippen LogP contribution in [0.2, 0.25) is 0 Å². The fraction of sp³-hybridized carbons (Fsp3) is 0.636. The van der Waals surface area contributed by atoms with Gasteiger partial charge in [-0.1, -0.05) is 25.2 Å². The SMILES string of the molecule is Cc1nc(N2CC(C)C(C)C2)sc1C(=O)O. The van der Waals surface area contributed by atoms with Gasteiger partial charge in [0.05, 0.1) is 5.69 Å². The van der Waals surface area contributed by atoms with E-state index in [1.54, 1.807) is 6.92 Å². The molecule has 4 nitrogen and oxygen atoms in total. The number of carbonyl (C=O) groups is 1. The smallest absolute Gasteiger partial charge is 0.347 e. The van der Waals surface area contributed by atoms with Crippen molar-refractivity contribution < 1.29 is 9.90 Å². The monoisotopic (exact) mass is 240 g/mol. The number of thiazole rings is 1. The Kier molecular flexibility index (Phi) is 2.88. The minimum absolute atomic E-state index is 0.363. The minimum atomic E-state index is -0.874. The van der Waals surface area contributed by atoms with Crippen molar-refractivity contribution >= 4 is 22.4 Å². The summed E-state index contributed by atoms with van der Waals surface area (Å²) in [6, 6.07) is 0. The molecule has 0 aliphatic carbocycles. The Hall–Kier alpha value is -1.10. The van der Waals surface area contributed by atoms with E-state index in [0.717, 1.165) is 18.2 Å². The number of aromatic carboxylic acids is 1. The average molecular weight is 240 g/mol. The second-order valence-electron chi connectivity index (χ2n) is 4.58. The van der Waals surface area contributed by atoms with E-state index < -0.39 is 5.97 Å². The van der Waals surface area contributed by atoms with Gasteiger partial charge in [0.15, 0.2) is 5.13 Å². The lowest BCUT2D eigenvalue weighted by Gasteiger charge is -2.13. The first kappa shape index (κ1) is 11.4. The van der Waals surface area contributed by atoms with Crippen molar-refractivity contribution in [3.05, 3.63) is 10.6 Å². The third-order valence-corrected chi connectivity index (χ3v) is 4.44. The van der Waals surface area contributed by atoms with E-state index in [0.29, 0.717) is 22.4 Å². The van der Waals surface area contributed by atoms with Gasteiger partial charge in [-0.05, 0) is 18.8 Å². The molecule has 2 unspecified atom stereocenters. The summed E-state index contributed by atoms with van der Waals surface area (Å²) in [5.41, 5.74) is 0.625. The van der Waals surface area contributed by atoms with Gasteiger partial charge in [0, 0.05) is 13.1 Å². The summed E-state index contributed by atoms with van der Waals surface area (Å²) in [5, 5.41) is 9.83. The zero-order valence-corrected chi connectivity index (χ0v) is 10.5. The third kappa shape index (κ3) is 1.91. The largest absolute Gasteiger partial charge is 0.477 e. The summed E-state index contributed by atoms with van der Waals surface area (Å²) in [6.45, 7) is 8.17. The first-order chi connectivity index (χ1) is 7.49. The maximum atomic E-state index is 10.9. The summed E-state index contributed by atoms with van der Waals surface area (Å²) < 4.78 is 0. The number of carboxylic acids is 1. The Morgan fingerprint density at radius 2 is 2.00 bits per heavy atom. The molecular formula is C11H16N2O2S. The normalized spacial score (nSPS) is 25.1. The van der Waals surface area contributed by atoms with Crippen molar-refractivity contribution in [1.82, 2.24) is 4.98 Å². The molecule has 1 fully saturated rings. The molecule has 1 saturated heterocycles. The number of nitrogens with zero attached hydrogens (tertiary/aromatic N) is 2.